The van der Waals surface area contributed by atoms with E-state index in [9.17, 15) is 0 Å². The van der Waals surface area contributed by atoms with Gasteiger partial charge in [0.15, 0.2) is 10.8 Å². The maximum atomic E-state index is 5.21. The van der Waals surface area contributed by atoms with Gasteiger partial charge in [0.1, 0.15) is 0 Å². The predicted molar refractivity (Wildman–Crippen MR) is 52.3 cm³/mol. The number of furan rings is 1. The van der Waals surface area contributed by atoms with Crippen LogP contribution in [-0.4, -0.2) is 4.98 Å². The molecule has 0 saturated heterocycles. The molecule has 4 heteroatoms. The van der Waals surface area contributed by atoms with E-state index in [2.05, 4.69) is 20.9 Å². The number of nitrogens with zero attached hydrogens (tertiary/aromatic N) is 1. The van der Waals surface area contributed by atoms with Crippen molar-refractivity contribution in [3.05, 3.63) is 27.9 Å². The molecule has 0 N–H and O–H groups in total. The molecule has 0 fully saturated rings. The Hall–Kier alpha value is -0.610. The molecule has 2 aromatic heterocycles. The van der Waals surface area contributed by atoms with Crippen LogP contribution >= 0.6 is 27.3 Å². The summed E-state index contributed by atoms with van der Waals surface area (Å²) in [6, 6.07) is 3.77. The number of aromatic nitrogens is 1. The zero-order valence-electron chi connectivity index (χ0n) is 6.37. The molecular weight excluding hydrogens is 238 g/mol. The van der Waals surface area contributed by atoms with Gasteiger partial charge in [-0.05, 0) is 35.0 Å². The quantitative estimate of drug-likeness (QED) is 0.767. The van der Waals surface area contributed by atoms with Crippen molar-refractivity contribution < 1.29 is 4.42 Å². The Morgan fingerprint density at radius 1 is 1.58 bits per heavy atom. The Labute approximate surface area is 82.4 Å². The third kappa shape index (κ3) is 1.32. The second kappa shape index (κ2) is 3.03. The van der Waals surface area contributed by atoms with Crippen molar-refractivity contribution in [3.8, 4) is 10.8 Å². The van der Waals surface area contributed by atoms with Gasteiger partial charge in [0, 0.05) is 0 Å². The van der Waals surface area contributed by atoms with Crippen LogP contribution in [0.2, 0.25) is 0 Å². The van der Waals surface area contributed by atoms with Gasteiger partial charge in [0.2, 0.25) is 0 Å². The van der Waals surface area contributed by atoms with Crippen molar-refractivity contribution in [2.24, 2.45) is 0 Å². The average molecular weight is 244 g/mol. The average Bonchev–Trinajstić information content (AvgIpc) is 2.61. The van der Waals surface area contributed by atoms with E-state index in [0.717, 1.165) is 20.2 Å². The van der Waals surface area contributed by atoms with E-state index in [0.29, 0.717) is 0 Å². The molecule has 0 amide bonds. The summed E-state index contributed by atoms with van der Waals surface area (Å²) in [7, 11) is 0. The Morgan fingerprint density at radius 2 is 2.42 bits per heavy atom. The highest BCUT2D eigenvalue weighted by Gasteiger charge is 2.08. The molecule has 0 atom stereocenters. The summed E-state index contributed by atoms with van der Waals surface area (Å²) >= 11 is 5.00. The second-order valence-corrected chi connectivity index (χ2v) is 4.67. The first-order valence-corrected chi connectivity index (χ1v) is 5.05. The van der Waals surface area contributed by atoms with Gasteiger partial charge in [-0.3, -0.25) is 0 Å². The summed E-state index contributed by atoms with van der Waals surface area (Å²) in [4.78, 5) is 4.33. The largest absolute Gasteiger partial charge is 0.462 e. The van der Waals surface area contributed by atoms with Gasteiger partial charge in [-0.1, -0.05) is 0 Å². The molecule has 0 aliphatic carbocycles. The van der Waals surface area contributed by atoms with E-state index < -0.39 is 0 Å². The van der Waals surface area contributed by atoms with E-state index in [-0.39, 0.29) is 0 Å². The monoisotopic (exact) mass is 243 g/mol. The zero-order chi connectivity index (χ0) is 8.55. The van der Waals surface area contributed by atoms with Gasteiger partial charge in [0.25, 0.3) is 0 Å². The van der Waals surface area contributed by atoms with Crippen LogP contribution in [0.1, 0.15) is 5.69 Å². The first kappa shape index (κ1) is 8.01. The van der Waals surface area contributed by atoms with Crippen LogP contribution in [0, 0.1) is 6.92 Å². The molecule has 0 unspecified atom stereocenters. The van der Waals surface area contributed by atoms with E-state index in [4.69, 9.17) is 4.42 Å². The van der Waals surface area contributed by atoms with Crippen LogP contribution < -0.4 is 0 Å². The molecule has 0 aliphatic rings. The summed E-state index contributed by atoms with van der Waals surface area (Å²) in [5.74, 6) is 0.828. The SMILES string of the molecule is Cc1nc(-c2ccco2)sc1Br. The first-order chi connectivity index (χ1) is 5.77. The van der Waals surface area contributed by atoms with Crippen LogP contribution in [0.15, 0.2) is 26.6 Å². The van der Waals surface area contributed by atoms with Crippen LogP contribution in [0.5, 0.6) is 0 Å². The lowest BCUT2D eigenvalue weighted by atomic mass is 10.5. The highest BCUT2D eigenvalue weighted by atomic mass is 79.9. The molecule has 0 bridgehead atoms. The fourth-order valence-corrected chi connectivity index (χ4v) is 2.19. The minimum atomic E-state index is 0.828. The predicted octanol–water partition coefficient (Wildman–Crippen LogP) is 3.47. The van der Waals surface area contributed by atoms with Crippen LogP contribution in [0.3, 0.4) is 0 Å². The Bertz CT molecular complexity index is 360. The molecule has 0 aliphatic heterocycles. The topological polar surface area (TPSA) is 26.0 Å². The normalized spacial score (nSPS) is 10.5. The highest BCUT2D eigenvalue weighted by Crippen LogP contribution is 2.31. The lowest BCUT2D eigenvalue weighted by Crippen LogP contribution is -1.72. The fraction of sp³-hybridized carbons (Fsp3) is 0.125. The molecule has 0 aromatic carbocycles. The van der Waals surface area contributed by atoms with Gasteiger partial charge < -0.3 is 4.42 Å². The summed E-state index contributed by atoms with van der Waals surface area (Å²) in [6.45, 7) is 1.97. The molecule has 0 saturated carbocycles. The van der Waals surface area contributed by atoms with Gasteiger partial charge in [0.05, 0.1) is 15.7 Å². The number of hydrogen-bond donors (Lipinski definition) is 0. The minimum Gasteiger partial charge on any atom is -0.462 e. The number of hydrogen-bond acceptors (Lipinski definition) is 3. The van der Waals surface area contributed by atoms with Gasteiger partial charge in [-0.15, -0.1) is 11.3 Å². The van der Waals surface area contributed by atoms with Crippen molar-refractivity contribution in [3.63, 3.8) is 0 Å². The highest BCUT2D eigenvalue weighted by molar-refractivity contribution is 9.11. The third-order valence-corrected chi connectivity index (χ3v) is 3.49. The lowest BCUT2D eigenvalue weighted by Gasteiger charge is -1.84. The molecule has 62 valence electrons. The van der Waals surface area contributed by atoms with E-state index >= 15 is 0 Å². The van der Waals surface area contributed by atoms with E-state index in [1.54, 1.807) is 17.6 Å². The van der Waals surface area contributed by atoms with Crippen LogP contribution in [-0.2, 0) is 0 Å². The third-order valence-electron chi connectivity index (χ3n) is 1.47. The lowest BCUT2D eigenvalue weighted by molar-refractivity contribution is 0.581. The number of thiazole rings is 1. The van der Waals surface area contributed by atoms with Crippen molar-refractivity contribution in [1.29, 1.82) is 0 Å². The Morgan fingerprint density at radius 3 is 2.92 bits per heavy atom. The second-order valence-electron chi connectivity index (χ2n) is 2.36. The summed E-state index contributed by atoms with van der Waals surface area (Å²) in [6.07, 6.45) is 1.65. The van der Waals surface area contributed by atoms with Crippen LogP contribution in [0.25, 0.3) is 10.8 Å². The summed E-state index contributed by atoms with van der Waals surface area (Å²) in [5, 5.41) is 0.921. The molecule has 0 spiro atoms. The first-order valence-electron chi connectivity index (χ1n) is 3.44. The van der Waals surface area contributed by atoms with E-state index in [1.165, 1.54) is 0 Å². The van der Waals surface area contributed by atoms with Crippen molar-refractivity contribution in [1.82, 2.24) is 4.98 Å². The summed E-state index contributed by atoms with van der Waals surface area (Å²) in [5.41, 5.74) is 1.01. The molecule has 2 aromatic rings. The van der Waals surface area contributed by atoms with Gasteiger partial charge in [-0.25, -0.2) is 4.98 Å². The van der Waals surface area contributed by atoms with Crippen molar-refractivity contribution in [2.45, 2.75) is 6.92 Å². The molecule has 2 nitrogen and oxygen atoms in total. The molecule has 2 heterocycles. The fourth-order valence-electron chi connectivity index (χ4n) is 0.883. The van der Waals surface area contributed by atoms with E-state index in [1.807, 2.05) is 19.1 Å². The molecule has 2 rings (SSSR count). The zero-order valence-corrected chi connectivity index (χ0v) is 8.78. The number of rotatable bonds is 1. The number of aryl methyl sites for hydroxylation is 1. The van der Waals surface area contributed by atoms with Crippen LogP contribution in [0.4, 0.5) is 0 Å². The minimum absolute atomic E-state index is 0.828. The summed E-state index contributed by atoms with van der Waals surface area (Å²) < 4.78 is 6.28. The molecule has 0 radical (unpaired) electrons. The standard InChI is InChI=1S/C8H6BrNOS/c1-5-7(9)12-8(10-5)6-3-2-4-11-6/h2-4H,1H3. The van der Waals surface area contributed by atoms with Crippen molar-refractivity contribution >= 4 is 27.3 Å². The van der Waals surface area contributed by atoms with Crippen molar-refractivity contribution in [2.75, 3.05) is 0 Å². The maximum Gasteiger partial charge on any atom is 0.162 e. The van der Waals surface area contributed by atoms with Gasteiger partial charge >= 0.3 is 0 Å². The molecule has 12 heavy (non-hydrogen) atoms. The molecular formula is C8H6BrNOS. The Balaban J connectivity index is 2.48. The Kier molecular flexibility index (Phi) is 2.02. The maximum absolute atomic E-state index is 5.21. The number of halogens is 1. The smallest absolute Gasteiger partial charge is 0.162 e. The van der Waals surface area contributed by atoms with Gasteiger partial charge in [-0.2, -0.15) is 0 Å².